The van der Waals surface area contributed by atoms with E-state index < -0.39 is 16.2 Å². The maximum Gasteiger partial charge on any atom is 0.294 e. The van der Waals surface area contributed by atoms with Crippen molar-refractivity contribution >= 4 is 27.2 Å². The molecule has 0 bridgehead atoms. The van der Waals surface area contributed by atoms with Crippen LogP contribution in [0.5, 0.6) is 0 Å². The lowest BCUT2D eigenvalue weighted by atomic mass is 10.2. The number of hydrogen-bond acceptors (Lipinski definition) is 7. The molecule has 0 saturated heterocycles. The van der Waals surface area contributed by atoms with Crippen LogP contribution in [0.15, 0.2) is 63.7 Å². The second-order valence-corrected chi connectivity index (χ2v) is 6.35. The van der Waals surface area contributed by atoms with Crippen molar-refractivity contribution in [1.82, 2.24) is 0 Å². The van der Waals surface area contributed by atoms with Crippen LogP contribution >= 0.6 is 0 Å². The zero-order valence-electron chi connectivity index (χ0n) is 12.6. The van der Waals surface area contributed by atoms with Crippen molar-refractivity contribution in [2.75, 3.05) is 18.5 Å². The summed E-state index contributed by atoms with van der Waals surface area (Å²) in [5, 5.41) is 28.9. The van der Waals surface area contributed by atoms with Gasteiger partial charge in [-0.1, -0.05) is 0 Å². The fourth-order valence-corrected chi connectivity index (χ4v) is 2.23. The van der Waals surface area contributed by atoms with Gasteiger partial charge in [0.05, 0.1) is 29.0 Å². The number of azo groups is 1. The highest BCUT2D eigenvalue weighted by atomic mass is 32.2. The first-order chi connectivity index (χ1) is 11.4. The number of hydrogen-bond donors (Lipinski definition) is 4. The lowest BCUT2D eigenvalue weighted by Gasteiger charge is -2.09. The molecule has 2 aromatic carbocycles. The number of aliphatic hydroxyl groups excluding tert-OH is 2. The molecule has 8 nitrogen and oxygen atoms in total. The number of benzene rings is 2. The number of aliphatic hydroxyl groups is 2. The molecule has 0 spiro atoms. The number of rotatable bonds is 7. The SMILES string of the molecule is O=S(=O)(O)c1ccc(N=Nc2ccc(NCC(O)CO)cc2)cc1. The smallest absolute Gasteiger partial charge is 0.294 e. The third-order valence-corrected chi connectivity index (χ3v) is 3.90. The van der Waals surface area contributed by atoms with Gasteiger partial charge in [0.1, 0.15) is 0 Å². The van der Waals surface area contributed by atoms with Gasteiger partial charge in [-0.2, -0.15) is 18.6 Å². The molecule has 0 heterocycles. The molecule has 2 rings (SSSR count). The Labute approximate surface area is 139 Å². The van der Waals surface area contributed by atoms with Gasteiger partial charge in [-0.25, -0.2) is 0 Å². The molecule has 1 unspecified atom stereocenters. The molecule has 9 heteroatoms. The van der Waals surface area contributed by atoms with Crippen LogP contribution in [0.25, 0.3) is 0 Å². The quantitative estimate of drug-likeness (QED) is 0.446. The third kappa shape index (κ3) is 5.39. The molecule has 0 saturated carbocycles. The van der Waals surface area contributed by atoms with Crippen LogP contribution in [0, 0.1) is 0 Å². The molecule has 128 valence electrons. The minimum Gasteiger partial charge on any atom is -0.394 e. The van der Waals surface area contributed by atoms with Crippen molar-refractivity contribution in [3.8, 4) is 0 Å². The molecule has 0 aliphatic carbocycles. The van der Waals surface area contributed by atoms with Crippen molar-refractivity contribution in [3.63, 3.8) is 0 Å². The fraction of sp³-hybridized carbons (Fsp3) is 0.200. The summed E-state index contributed by atoms with van der Waals surface area (Å²) < 4.78 is 30.8. The Bertz CT molecular complexity index is 789. The normalized spacial score (nSPS) is 13.1. The number of nitrogens with one attached hydrogen (secondary N) is 1. The van der Waals surface area contributed by atoms with Crippen LogP contribution in [0.3, 0.4) is 0 Å². The molecule has 0 aliphatic heterocycles. The zero-order chi connectivity index (χ0) is 17.6. The average Bonchev–Trinajstić information content (AvgIpc) is 2.58. The fourth-order valence-electron chi connectivity index (χ4n) is 1.75. The molecule has 1 atom stereocenters. The second-order valence-electron chi connectivity index (χ2n) is 4.93. The Kier molecular flexibility index (Phi) is 5.99. The van der Waals surface area contributed by atoms with Gasteiger partial charge in [0.25, 0.3) is 10.1 Å². The van der Waals surface area contributed by atoms with Gasteiger partial charge >= 0.3 is 0 Å². The van der Waals surface area contributed by atoms with Crippen molar-refractivity contribution in [2.24, 2.45) is 10.2 Å². The molecule has 2 aromatic rings. The maximum atomic E-state index is 10.9. The van der Waals surface area contributed by atoms with Gasteiger partial charge in [0, 0.05) is 12.2 Å². The molecular weight excluding hydrogens is 334 g/mol. The van der Waals surface area contributed by atoms with Crippen LogP contribution in [0.4, 0.5) is 17.1 Å². The van der Waals surface area contributed by atoms with E-state index in [1.165, 1.54) is 24.3 Å². The first-order valence-electron chi connectivity index (χ1n) is 7.00. The van der Waals surface area contributed by atoms with Gasteiger partial charge in [-0.3, -0.25) is 4.55 Å². The molecule has 4 N–H and O–H groups in total. The predicted molar refractivity (Wildman–Crippen MR) is 88.5 cm³/mol. The van der Waals surface area contributed by atoms with Crippen LogP contribution in [0.1, 0.15) is 0 Å². The summed E-state index contributed by atoms with van der Waals surface area (Å²) in [7, 11) is -4.22. The Morgan fingerprint density at radius 3 is 1.92 bits per heavy atom. The van der Waals surface area contributed by atoms with Gasteiger partial charge < -0.3 is 15.5 Å². The first-order valence-corrected chi connectivity index (χ1v) is 8.44. The van der Waals surface area contributed by atoms with E-state index in [9.17, 15) is 13.5 Å². The number of nitrogens with zero attached hydrogens (tertiary/aromatic N) is 2. The molecule has 0 fully saturated rings. The summed E-state index contributed by atoms with van der Waals surface area (Å²) in [4.78, 5) is -0.207. The van der Waals surface area contributed by atoms with E-state index in [1.807, 2.05) is 0 Å². The van der Waals surface area contributed by atoms with Gasteiger partial charge in [0.2, 0.25) is 0 Å². The Morgan fingerprint density at radius 2 is 1.46 bits per heavy atom. The molecule has 24 heavy (non-hydrogen) atoms. The second kappa shape index (κ2) is 7.97. The summed E-state index contributed by atoms with van der Waals surface area (Å²) in [5.41, 5.74) is 1.79. The average molecular weight is 351 g/mol. The highest BCUT2D eigenvalue weighted by Gasteiger charge is 2.08. The molecule has 0 radical (unpaired) electrons. The lowest BCUT2D eigenvalue weighted by Crippen LogP contribution is -2.22. The van der Waals surface area contributed by atoms with Crippen molar-refractivity contribution in [2.45, 2.75) is 11.0 Å². The minimum atomic E-state index is -4.22. The molecular formula is C15H17N3O5S. The number of anilines is 1. The van der Waals surface area contributed by atoms with Crippen LogP contribution in [-0.2, 0) is 10.1 Å². The maximum absolute atomic E-state index is 10.9. The first kappa shape index (κ1) is 18.0. The van der Waals surface area contributed by atoms with Gasteiger partial charge in [-0.05, 0) is 48.5 Å². The van der Waals surface area contributed by atoms with E-state index in [2.05, 4.69) is 15.5 Å². The highest BCUT2D eigenvalue weighted by Crippen LogP contribution is 2.21. The molecule has 0 aromatic heterocycles. The zero-order valence-corrected chi connectivity index (χ0v) is 13.4. The lowest BCUT2D eigenvalue weighted by molar-refractivity contribution is 0.105. The highest BCUT2D eigenvalue weighted by molar-refractivity contribution is 7.85. The summed E-state index contributed by atoms with van der Waals surface area (Å²) in [6.07, 6.45) is -0.824. The Balaban J connectivity index is 1.99. The van der Waals surface area contributed by atoms with Crippen LogP contribution in [0.2, 0.25) is 0 Å². The van der Waals surface area contributed by atoms with E-state index in [0.29, 0.717) is 11.4 Å². The van der Waals surface area contributed by atoms with E-state index in [-0.39, 0.29) is 18.0 Å². The Morgan fingerprint density at radius 1 is 0.958 bits per heavy atom. The van der Waals surface area contributed by atoms with E-state index in [4.69, 9.17) is 9.66 Å². The van der Waals surface area contributed by atoms with E-state index in [0.717, 1.165) is 5.69 Å². The summed E-state index contributed by atoms with van der Waals surface area (Å²) >= 11 is 0. The van der Waals surface area contributed by atoms with Crippen molar-refractivity contribution < 1.29 is 23.2 Å². The topological polar surface area (TPSA) is 132 Å². The van der Waals surface area contributed by atoms with Gasteiger partial charge in [0.15, 0.2) is 0 Å². The van der Waals surface area contributed by atoms with E-state index >= 15 is 0 Å². The predicted octanol–water partition coefficient (Wildman–Crippen LogP) is 2.11. The minimum absolute atomic E-state index is 0.207. The summed E-state index contributed by atoms with van der Waals surface area (Å²) in [6, 6.07) is 12.3. The van der Waals surface area contributed by atoms with E-state index in [1.54, 1.807) is 24.3 Å². The standard InChI is InChI=1S/C15H17N3O5S/c19-10-14(20)9-16-11-1-3-12(4-2-11)17-18-13-5-7-15(8-6-13)24(21,22)23/h1-8,14,16,19-20H,9-10H2,(H,21,22,23). The van der Waals surface area contributed by atoms with Crippen molar-refractivity contribution in [1.29, 1.82) is 0 Å². The summed E-state index contributed by atoms with van der Waals surface area (Å²) in [6.45, 7) is -0.0762. The third-order valence-electron chi connectivity index (χ3n) is 3.04. The Hall–Kier alpha value is -2.33. The molecule has 0 aliphatic rings. The van der Waals surface area contributed by atoms with Crippen LogP contribution in [-0.4, -0.2) is 42.4 Å². The van der Waals surface area contributed by atoms with Crippen LogP contribution < -0.4 is 5.32 Å². The van der Waals surface area contributed by atoms with Gasteiger partial charge in [-0.15, -0.1) is 0 Å². The van der Waals surface area contributed by atoms with Crippen molar-refractivity contribution in [3.05, 3.63) is 48.5 Å². The summed E-state index contributed by atoms with van der Waals surface area (Å²) in [5.74, 6) is 0. The largest absolute Gasteiger partial charge is 0.394 e. The monoisotopic (exact) mass is 351 g/mol. The molecule has 0 amide bonds.